The molecule has 0 aliphatic heterocycles. The first-order chi connectivity index (χ1) is 6.92. The van der Waals surface area contributed by atoms with Crippen LogP contribution < -0.4 is 0 Å². The molecule has 0 aromatic carbocycles. The number of Topliss-reactive ketones (excluding diaryl/α,β-unsaturated/α-hetero) is 1. The van der Waals surface area contributed by atoms with Crippen molar-refractivity contribution in [3.05, 3.63) is 11.6 Å². The summed E-state index contributed by atoms with van der Waals surface area (Å²) in [5.74, 6) is 0.776. The molecule has 0 aromatic heterocycles. The van der Waals surface area contributed by atoms with Gasteiger partial charge in [-0.05, 0) is 32.6 Å². The average Bonchev–Trinajstić information content (AvgIpc) is 2.20. The maximum Gasteiger partial charge on any atom is 0.142 e. The van der Waals surface area contributed by atoms with Crippen LogP contribution in [0.1, 0.15) is 53.4 Å². The molecule has 0 spiro atoms. The second kappa shape index (κ2) is 3.20. The molecule has 0 N–H and O–H groups in total. The van der Waals surface area contributed by atoms with E-state index in [4.69, 9.17) is 0 Å². The summed E-state index contributed by atoms with van der Waals surface area (Å²) >= 11 is 0. The van der Waals surface area contributed by atoms with Crippen molar-refractivity contribution < 1.29 is 4.79 Å². The molecule has 1 nitrogen and oxygen atoms in total. The lowest BCUT2D eigenvalue weighted by molar-refractivity contribution is -0.144. The van der Waals surface area contributed by atoms with Crippen LogP contribution in [0.2, 0.25) is 0 Å². The number of allylic oxidation sites excluding steroid dienone is 2. The zero-order chi connectivity index (χ0) is 11.3. The van der Waals surface area contributed by atoms with Gasteiger partial charge in [-0.15, -0.1) is 0 Å². The first kappa shape index (κ1) is 10.9. The molecule has 1 heteroatoms. The second-order valence-corrected chi connectivity index (χ2v) is 5.89. The molecule has 0 saturated heterocycles. The van der Waals surface area contributed by atoms with Crippen LogP contribution in [-0.2, 0) is 4.79 Å². The first-order valence-electron chi connectivity index (χ1n) is 6.13. The Morgan fingerprint density at radius 3 is 2.60 bits per heavy atom. The van der Waals surface area contributed by atoms with Crippen LogP contribution in [0.15, 0.2) is 11.6 Å². The fourth-order valence-electron chi connectivity index (χ4n) is 3.56. The van der Waals surface area contributed by atoms with Crippen molar-refractivity contribution >= 4 is 5.78 Å². The molecule has 2 aliphatic rings. The van der Waals surface area contributed by atoms with Crippen LogP contribution in [-0.4, -0.2) is 5.78 Å². The average molecular weight is 206 g/mol. The first-order valence-corrected chi connectivity index (χ1v) is 6.13. The number of carbonyl (C=O) groups excluding carboxylic acids is 1. The van der Waals surface area contributed by atoms with Gasteiger partial charge in [0.1, 0.15) is 5.78 Å². The Hall–Kier alpha value is -0.590. The van der Waals surface area contributed by atoms with Gasteiger partial charge in [0.25, 0.3) is 0 Å². The highest BCUT2D eigenvalue weighted by Crippen LogP contribution is 2.58. The Labute approximate surface area is 92.9 Å². The van der Waals surface area contributed by atoms with Crippen LogP contribution in [0.25, 0.3) is 0 Å². The molecule has 0 heterocycles. The molecule has 2 aliphatic carbocycles. The molecule has 2 rings (SSSR count). The minimum absolute atomic E-state index is 0.0937. The van der Waals surface area contributed by atoms with Crippen LogP contribution >= 0.6 is 0 Å². The van der Waals surface area contributed by atoms with E-state index >= 15 is 0 Å². The molecule has 1 fully saturated rings. The monoisotopic (exact) mass is 206 g/mol. The fraction of sp³-hybridized carbons (Fsp3) is 0.786. The van der Waals surface area contributed by atoms with Gasteiger partial charge < -0.3 is 0 Å². The summed E-state index contributed by atoms with van der Waals surface area (Å²) in [7, 11) is 0. The van der Waals surface area contributed by atoms with Gasteiger partial charge in [-0.3, -0.25) is 4.79 Å². The fourth-order valence-corrected chi connectivity index (χ4v) is 3.56. The smallest absolute Gasteiger partial charge is 0.142 e. The standard InChI is InChI=1S/C14H22O/c1-10-7-9-13(3)11(2)6-5-8-14(13,4)12(10)15/h6,10H,5,7-9H2,1-4H3/t10-,13-,14-/m1/s1. The van der Waals surface area contributed by atoms with Gasteiger partial charge in [0.2, 0.25) is 0 Å². The molecule has 3 atom stereocenters. The van der Waals surface area contributed by atoms with Gasteiger partial charge in [0, 0.05) is 16.7 Å². The predicted octanol–water partition coefficient (Wildman–Crippen LogP) is 3.74. The minimum Gasteiger partial charge on any atom is -0.299 e. The van der Waals surface area contributed by atoms with E-state index in [1.54, 1.807) is 0 Å². The van der Waals surface area contributed by atoms with Crippen molar-refractivity contribution in [1.82, 2.24) is 0 Å². The molecule has 15 heavy (non-hydrogen) atoms. The lowest BCUT2D eigenvalue weighted by Crippen LogP contribution is -2.52. The maximum absolute atomic E-state index is 12.4. The molecular formula is C14H22O. The molecule has 0 aromatic rings. The minimum atomic E-state index is -0.0937. The van der Waals surface area contributed by atoms with Gasteiger partial charge >= 0.3 is 0 Å². The van der Waals surface area contributed by atoms with E-state index in [0.29, 0.717) is 5.78 Å². The summed E-state index contributed by atoms with van der Waals surface area (Å²) in [5, 5.41) is 0. The van der Waals surface area contributed by atoms with Crippen molar-refractivity contribution in [3.63, 3.8) is 0 Å². The van der Waals surface area contributed by atoms with Crippen LogP contribution in [0.4, 0.5) is 0 Å². The quantitative estimate of drug-likeness (QED) is 0.552. The van der Waals surface area contributed by atoms with Gasteiger partial charge in [-0.1, -0.05) is 32.4 Å². The van der Waals surface area contributed by atoms with Crippen molar-refractivity contribution in [1.29, 1.82) is 0 Å². The van der Waals surface area contributed by atoms with Gasteiger partial charge in [0.15, 0.2) is 0 Å². The van der Waals surface area contributed by atoms with E-state index in [2.05, 4.69) is 33.8 Å². The Balaban J connectivity index is 2.48. The van der Waals surface area contributed by atoms with Crippen molar-refractivity contribution in [2.75, 3.05) is 0 Å². The summed E-state index contributed by atoms with van der Waals surface area (Å²) in [6.07, 6.45) is 6.71. The van der Waals surface area contributed by atoms with E-state index in [1.807, 2.05) is 0 Å². The zero-order valence-electron chi connectivity index (χ0n) is 10.4. The van der Waals surface area contributed by atoms with Gasteiger partial charge in [-0.2, -0.15) is 0 Å². The molecular weight excluding hydrogens is 184 g/mol. The van der Waals surface area contributed by atoms with Crippen molar-refractivity contribution in [2.45, 2.75) is 53.4 Å². The summed E-state index contributed by atoms with van der Waals surface area (Å²) in [6.45, 7) is 8.80. The van der Waals surface area contributed by atoms with Crippen LogP contribution in [0.3, 0.4) is 0 Å². The largest absolute Gasteiger partial charge is 0.299 e. The van der Waals surface area contributed by atoms with E-state index in [-0.39, 0.29) is 16.7 Å². The molecule has 0 bridgehead atoms. The Morgan fingerprint density at radius 1 is 1.27 bits per heavy atom. The second-order valence-electron chi connectivity index (χ2n) is 5.89. The number of rotatable bonds is 0. The van der Waals surface area contributed by atoms with Crippen molar-refractivity contribution in [2.24, 2.45) is 16.7 Å². The van der Waals surface area contributed by atoms with E-state index in [0.717, 1.165) is 19.3 Å². The van der Waals surface area contributed by atoms with E-state index < -0.39 is 0 Å². The SMILES string of the molecule is CC1=CCC[C@]2(C)C(=O)[C@H](C)CC[C@]12C. The summed E-state index contributed by atoms with van der Waals surface area (Å²) in [6, 6.07) is 0. The van der Waals surface area contributed by atoms with E-state index in [1.165, 1.54) is 12.0 Å². The zero-order valence-corrected chi connectivity index (χ0v) is 10.4. The Morgan fingerprint density at radius 2 is 1.93 bits per heavy atom. The summed E-state index contributed by atoms with van der Waals surface area (Å²) < 4.78 is 0. The third-order valence-electron chi connectivity index (χ3n) is 5.25. The molecule has 1 saturated carbocycles. The topological polar surface area (TPSA) is 17.1 Å². The van der Waals surface area contributed by atoms with Crippen LogP contribution in [0, 0.1) is 16.7 Å². The van der Waals surface area contributed by atoms with Gasteiger partial charge in [0.05, 0.1) is 0 Å². The maximum atomic E-state index is 12.4. The molecule has 0 unspecified atom stereocenters. The third kappa shape index (κ3) is 1.25. The Bertz CT molecular complexity index is 328. The lowest BCUT2D eigenvalue weighted by Gasteiger charge is -2.53. The highest BCUT2D eigenvalue weighted by atomic mass is 16.1. The molecule has 0 radical (unpaired) electrons. The lowest BCUT2D eigenvalue weighted by atomic mass is 9.49. The number of carbonyl (C=O) groups is 1. The summed E-state index contributed by atoms with van der Waals surface area (Å²) in [5.41, 5.74) is 1.48. The number of hydrogen-bond donors (Lipinski definition) is 0. The van der Waals surface area contributed by atoms with Gasteiger partial charge in [-0.25, -0.2) is 0 Å². The molecule has 84 valence electrons. The highest BCUT2D eigenvalue weighted by Gasteiger charge is 2.55. The highest BCUT2D eigenvalue weighted by molar-refractivity contribution is 5.89. The number of ketones is 1. The normalized spacial score (nSPS) is 46.0. The summed E-state index contributed by atoms with van der Waals surface area (Å²) in [4.78, 5) is 12.4. The number of fused-ring (bicyclic) bond motifs is 1. The predicted molar refractivity (Wildman–Crippen MR) is 62.6 cm³/mol. The van der Waals surface area contributed by atoms with Crippen molar-refractivity contribution in [3.8, 4) is 0 Å². The molecule has 0 amide bonds. The third-order valence-corrected chi connectivity index (χ3v) is 5.25. The Kier molecular flexibility index (Phi) is 2.33. The van der Waals surface area contributed by atoms with Crippen LogP contribution in [0.5, 0.6) is 0 Å². The number of hydrogen-bond acceptors (Lipinski definition) is 1. The van der Waals surface area contributed by atoms with E-state index in [9.17, 15) is 4.79 Å².